The van der Waals surface area contributed by atoms with Crippen molar-refractivity contribution in [2.24, 2.45) is 5.92 Å². The summed E-state index contributed by atoms with van der Waals surface area (Å²) in [5.41, 5.74) is 4.18. The molecule has 2 aliphatic rings. The minimum absolute atomic E-state index is 0.220. The van der Waals surface area contributed by atoms with Gasteiger partial charge in [0.2, 0.25) is 11.8 Å². The van der Waals surface area contributed by atoms with Crippen LogP contribution in [0, 0.1) is 17.2 Å². The number of aromatic nitrogens is 2. The molecule has 2 aromatic heterocycles. The summed E-state index contributed by atoms with van der Waals surface area (Å²) in [6, 6.07) is 17.2. The third kappa shape index (κ3) is 4.61. The topological polar surface area (TPSA) is 116 Å². The van der Waals surface area contributed by atoms with E-state index in [0.717, 1.165) is 16.7 Å². The Balaban J connectivity index is 1.54. The number of nitriles is 1. The number of ether oxygens (including phenoxy) is 1. The van der Waals surface area contributed by atoms with Crippen molar-refractivity contribution in [3.05, 3.63) is 106 Å². The molecule has 9 heteroatoms. The molecule has 0 radical (unpaired) electrons. The number of likely N-dealkylation sites (tertiary alicyclic amines) is 1. The summed E-state index contributed by atoms with van der Waals surface area (Å²) in [5.74, 6) is 0.611. The number of aliphatic hydroxyl groups excluding tert-OH is 2. The Morgan fingerprint density at radius 2 is 2.00 bits per heavy atom. The van der Waals surface area contributed by atoms with Gasteiger partial charge in [-0.2, -0.15) is 5.26 Å². The quantitative estimate of drug-likeness (QED) is 0.320. The molecule has 6 rings (SSSR count). The Hall–Kier alpha value is -4.00. The zero-order valence-electron chi connectivity index (χ0n) is 22.7. The average molecular weight is 569 g/mol. The van der Waals surface area contributed by atoms with E-state index in [1.54, 1.807) is 19.2 Å². The number of allylic oxidation sites excluding steroid dienone is 4. The Labute approximate surface area is 242 Å². The monoisotopic (exact) mass is 568 g/mol. The highest BCUT2D eigenvalue weighted by molar-refractivity contribution is 6.32. The van der Waals surface area contributed by atoms with Gasteiger partial charge in [-0.1, -0.05) is 61.0 Å². The van der Waals surface area contributed by atoms with Crippen LogP contribution in [-0.4, -0.2) is 51.4 Å². The SMILES string of the molecule is COc1nc(C2(c3nc4cc(CO)cc(C#N)c4o3)C=CC=C(c3ccccc3Cl)C2C)ccc1CN1CC(O)C1. The molecule has 2 unspecified atom stereocenters. The number of pyridine rings is 1. The molecule has 1 fully saturated rings. The number of methoxy groups -OCH3 is 1. The van der Waals surface area contributed by atoms with Gasteiger partial charge in [0.15, 0.2) is 5.58 Å². The minimum atomic E-state index is -0.979. The molecule has 0 amide bonds. The van der Waals surface area contributed by atoms with Gasteiger partial charge in [-0.05, 0) is 41.0 Å². The molecule has 2 N–H and O–H groups in total. The van der Waals surface area contributed by atoms with Crippen molar-refractivity contribution in [3.63, 3.8) is 0 Å². The number of β-amino-alcohol motifs (C(OH)–C–C–N with tert-alkyl or cyclic N) is 1. The van der Waals surface area contributed by atoms with Crippen LogP contribution in [0.4, 0.5) is 0 Å². The van der Waals surface area contributed by atoms with Gasteiger partial charge in [0.05, 0.1) is 31.1 Å². The molecular weight excluding hydrogens is 540 g/mol. The molecule has 1 saturated heterocycles. The molecule has 1 aliphatic carbocycles. The number of hydrogen-bond acceptors (Lipinski definition) is 8. The normalized spacial score (nSPS) is 21.0. The number of benzene rings is 2. The van der Waals surface area contributed by atoms with Crippen LogP contribution in [0.2, 0.25) is 5.02 Å². The summed E-state index contributed by atoms with van der Waals surface area (Å²) in [6.45, 7) is 3.69. The zero-order valence-corrected chi connectivity index (χ0v) is 23.5. The second-order valence-electron chi connectivity index (χ2n) is 10.5. The zero-order chi connectivity index (χ0) is 28.7. The van der Waals surface area contributed by atoms with Crippen LogP contribution in [0.1, 0.15) is 40.8 Å². The van der Waals surface area contributed by atoms with E-state index >= 15 is 0 Å². The van der Waals surface area contributed by atoms with Crippen molar-refractivity contribution in [1.29, 1.82) is 5.26 Å². The summed E-state index contributed by atoms with van der Waals surface area (Å²) in [7, 11) is 1.59. The second-order valence-corrected chi connectivity index (χ2v) is 11.0. The highest BCUT2D eigenvalue weighted by atomic mass is 35.5. The van der Waals surface area contributed by atoms with Crippen LogP contribution in [-0.2, 0) is 18.6 Å². The molecular formula is C32H29ClN4O4. The number of hydrogen-bond donors (Lipinski definition) is 2. The lowest BCUT2D eigenvalue weighted by atomic mass is 9.66. The molecule has 3 heterocycles. The largest absolute Gasteiger partial charge is 0.481 e. The van der Waals surface area contributed by atoms with E-state index in [1.807, 2.05) is 54.6 Å². The minimum Gasteiger partial charge on any atom is -0.481 e. The highest BCUT2D eigenvalue weighted by Crippen LogP contribution is 2.50. The fourth-order valence-corrected chi connectivity index (χ4v) is 6.13. The first-order valence-electron chi connectivity index (χ1n) is 13.4. The third-order valence-corrected chi connectivity index (χ3v) is 8.39. The van der Waals surface area contributed by atoms with Crippen molar-refractivity contribution < 1.29 is 19.4 Å². The molecule has 0 saturated carbocycles. The molecule has 1 aliphatic heterocycles. The van der Waals surface area contributed by atoms with Gasteiger partial charge in [0.1, 0.15) is 17.0 Å². The molecule has 41 heavy (non-hydrogen) atoms. The average Bonchev–Trinajstić information content (AvgIpc) is 3.41. The van der Waals surface area contributed by atoms with Gasteiger partial charge in [0.25, 0.3) is 0 Å². The predicted molar refractivity (Wildman–Crippen MR) is 155 cm³/mol. The van der Waals surface area contributed by atoms with Gasteiger partial charge in [-0.15, -0.1) is 0 Å². The maximum Gasteiger partial charge on any atom is 0.217 e. The van der Waals surface area contributed by atoms with E-state index in [4.69, 9.17) is 30.7 Å². The molecule has 0 spiro atoms. The maximum atomic E-state index is 9.84. The Morgan fingerprint density at radius 1 is 1.20 bits per heavy atom. The summed E-state index contributed by atoms with van der Waals surface area (Å²) in [4.78, 5) is 12.0. The summed E-state index contributed by atoms with van der Waals surface area (Å²) < 4.78 is 12.2. The van der Waals surface area contributed by atoms with Crippen LogP contribution in [0.25, 0.3) is 16.7 Å². The molecule has 8 nitrogen and oxygen atoms in total. The van der Waals surface area contributed by atoms with Gasteiger partial charge in [-0.25, -0.2) is 9.97 Å². The maximum absolute atomic E-state index is 9.84. The number of rotatable bonds is 7. The number of fused-ring (bicyclic) bond motifs is 1. The lowest BCUT2D eigenvalue weighted by Crippen LogP contribution is -2.49. The van der Waals surface area contributed by atoms with Gasteiger partial charge < -0.3 is 19.4 Å². The second kappa shape index (κ2) is 10.8. The third-order valence-electron chi connectivity index (χ3n) is 8.06. The van der Waals surface area contributed by atoms with Crippen molar-refractivity contribution in [3.8, 4) is 11.9 Å². The Morgan fingerprint density at radius 3 is 2.71 bits per heavy atom. The van der Waals surface area contributed by atoms with E-state index < -0.39 is 5.41 Å². The molecule has 0 bridgehead atoms. The lowest BCUT2D eigenvalue weighted by Gasteiger charge is -2.38. The first-order valence-corrected chi connectivity index (χ1v) is 13.8. The van der Waals surface area contributed by atoms with E-state index in [2.05, 4.69) is 17.9 Å². The van der Waals surface area contributed by atoms with Crippen molar-refractivity contribution in [2.75, 3.05) is 20.2 Å². The number of aliphatic hydroxyl groups is 2. The van der Waals surface area contributed by atoms with Crippen LogP contribution >= 0.6 is 11.6 Å². The van der Waals surface area contributed by atoms with Crippen molar-refractivity contribution in [1.82, 2.24) is 14.9 Å². The van der Waals surface area contributed by atoms with Gasteiger partial charge in [0, 0.05) is 36.1 Å². The first kappa shape index (κ1) is 27.2. The molecule has 2 aromatic carbocycles. The highest BCUT2D eigenvalue weighted by Gasteiger charge is 2.47. The van der Waals surface area contributed by atoms with Crippen LogP contribution in [0.5, 0.6) is 5.88 Å². The van der Waals surface area contributed by atoms with Crippen molar-refractivity contribution in [2.45, 2.75) is 31.6 Å². The van der Waals surface area contributed by atoms with E-state index in [1.165, 1.54) is 0 Å². The van der Waals surface area contributed by atoms with E-state index in [-0.39, 0.29) is 18.6 Å². The standard InChI is InChI=1S/C32H29ClN4O4/c1-19-24(25-6-3-4-8-26(25)33)7-5-11-32(19,31-35-27-13-20(18-38)12-22(14-34)29(27)41-31)28-10-9-21(30(36-28)40-2)15-37-16-23(39)17-37/h3-13,19,23,38-39H,15-18H2,1-2H3. The van der Waals surface area contributed by atoms with Crippen LogP contribution < -0.4 is 4.74 Å². The first-order chi connectivity index (χ1) is 19.9. The van der Waals surface area contributed by atoms with Crippen molar-refractivity contribution >= 4 is 28.3 Å². The van der Waals surface area contributed by atoms with Gasteiger partial charge in [-0.3, -0.25) is 4.90 Å². The number of oxazole rings is 1. The smallest absolute Gasteiger partial charge is 0.217 e. The van der Waals surface area contributed by atoms with Crippen LogP contribution in [0.15, 0.2) is 71.2 Å². The lowest BCUT2D eigenvalue weighted by molar-refractivity contribution is -0.00332. The van der Waals surface area contributed by atoms with Crippen LogP contribution in [0.3, 0.4) is 0 Å². The number of halogens is 1. The fourth-order valence-electron chi connectivity index (χ4n) is 5.88. The Bertz CT molecular complexity index is 1730. The summed E-state index contributed by atoms with van der Waals surface area (Å²) in [5, 5.41) is 30.0. The Kier molecular flexibility index (Phi) is 7.14. The molecule has 208 valence electrons. The summed E-state index contributed by atoms with van der Waals surface area (Å²) >= 11 is 6.67. The molecule has 4 aromatic rings. The summed E-state index contributed by atoms with van der Waals surface area (Å²) in [6.07, 6.45) is 5.72. The molecule has 2 atom stereocenters. The van der Waals surface area contributed by atoms with E-state index in [9.17, 15) is 15.5 Å². The number of nitrogens with zero attached hydrogens (tertiary/aromatic N) is 4. The van der Waals surface area contributed by atoms with Gasteiger partial charge >= 0.3 is 0 Å². The van der Waals surface area contributed by atoms with E-state index in [0.29, 0.717) is 64.3 Å². The predicted octanol–water partition coefficient (Wildman–Crippen LogP) is 5.00. The fraction of sp³-hybridized carbons (Fsp3) is 0.281.